The van der Waals surface area contributed by atoms with Crippen molar-refractivity contribution in [2.24, 2.45) is 0 Å². The fourth-order valence-corrected chi connectivity index (χ4v) is 2.23. The minimum Gasteiger partial charge on any atom is -0.459 e. The first kappa shape index (κ1) is 23.4. The maximum Gasteiger partial charge on any atom is 0.338 e. The minimum atomic E-state index is -0.483. The molecule has 5 heteroatoms. The molecule has 2 aromatic carbocycles. The number of rotatable bonds is 8. The summed E-state index contributed by atoms with van der Waals surface area (Å²) in [6.07, 6.45) is 3.91. The Morgan fingerprint density at radius 3 is 1.48 bits per heavy atom. The highest BCUT2D eigenvalue weighted by Crippen LogP contribution is 2.20. The van der Waals surface area contributed by atoms with Gasteiger partial charge in [-0.1, -0.05) is 49.6 Å². The van der Waals surface area contributed by atoms with Crippen molar-refractivity contribution in [3.63, 3.8) is 0 Å². The minimum absolute atomic E-state index is 0.325. The standard InChI is InChI=1S/C26H26O5/c1-17(2)25(27)30-20(6)19(5)29-23-13-9-21(10-14-23)7-8-22-11-15-24(16-12-22)31-26(28)18(3)4/h7-16H,1,3H2,2,4-6H3/b8-7+,20-19+. The largest absolute Gasteiger partial charge is 0.459 e. The van der Waals surface area contributed by atoms with Crippen molar-refractivity contribution in [1.29, 1.82) is 0 Å². The quantitative estimate of drug-likeness (QED) is 0.171. The molecule has 0 atom stereocenters. The molecule has 0 bridgehead atoms. The Kier molecular flexibility index (Phi) is 8.15. The SMILES string of the molecule is C=C(C)C(=O)O/C(C)=C(\C)Oc1ccc(/C=C/c2ccc(OC(=O)C(=C)C)cc2)cc1. The lowest BCUT2D eigenvalue weighted by molar-refractivity contribution is -0.135. The lowest BCUT2D eigenvalue weighted by Gasteiger charge is -2.10. The van der Waals surface area contributed by atoms with Crippen molar-refractivity contribution in [3.05, 3.63) is 95.5 Å². The third-order valence-electron chi connectivity index (χ3n) is 4.15. The zero-order valence-electron chi connectivity index (χ0n) is 18.2. The van der Waals surface area contributed by atoms with Gasteiger partial charge in [-0.15, -0.1) is 0 Å². The topological polar surface area (TPSA) is 61.8 Å². The Bertz CT molecular complexity index is 1040. The molecule has 0 saturated carbocycles. The van der Waals surface area contributed by atoms with Gasteiger partial charge in [0.25, 0.3) is 0 Å². The van der Waals surface area contributed by atoms with Crippen LogP contribution in [0.4, 0.5) is 0 Å². The average Bonchev–Trinajstić information content (AvgIpc) is 2.73. The molecule has 0 fully saturated rings. The lowest BCUT2D eigenvalue weighted by Crippen LogP contribution is -2.07. The summed E-state index contributed by atoms with van der Waals surface area (Å²) in [6, 6.07) is 14.7. The van der Waals surface area contributed by atoms with Gasteiger partial charge in [0, 0.05) is 11.1 Å². The van der Waals surface area contributed by atoms with E-state index in [0.717, 1.165) is 11.1 Å². The summed E-state index contributed by atoms with van der Waals surface area (Å²) in [5.41, 5.74) is 2.62. The summed E-state index contributed by atoms with van der Waals surface area (Å²) < 4.78 is 16.1. The van der Waals surface area contributed by atoms with Crippen molar-refractivity contribution in [1.82, 2.24) is 0 Å². The highest BCUT2D eigenvalue weighted by Gasteiger charge is 2.08. The molecular formula is C26H26O5. The van der Waals surface area contributed by atoms with Gasteiger partial charge in [-0.3, -0.25) is 0 Å². The van der Waals surface area contributed by atoms with Crippen molar-refractivity contribution < 1.29 is 23.8 Å². The molecule has 160 valence electrons. The van der Waals surface area contributed by atoms with Crippen LogP contribution in [0.15, 0.2) is 84.4 Å². The van der Waals surface area contributed by atoms with Gasteiger partial charge in [0.1, 0.15) is 23.0 Å². The van der Waals surface area contributed by atoms with E-state index < -0.39 is 11.9 Å². The number of hydrogen-bond donors (Lipinski definition) is 0. The van der Waals surface area contributed by atoms with Crippen LogP contribution >= 0.6 is 0 Å². The number of benzene rings is 2. The van der Waals surface area contributed by atoms with Crippen LogP contribution in [0.2, 0.25) is 0 Å². The molecule has 0 heterocycles. The molecule has 0 aliphatic rings. The van der Waals surface area contributed by atoms with Gasteiger partial charge in [-0.25, -0.2) is 9.59 Å². The Balaban J connectivity index is 1.98. The van der Waals surface area contributed by atoms with Crippen molar-refractivity contribution in [2.75, 3.05) is 0 Å². The fraction of sp³-hybridized carbons (Fsp3) is 0.154. The Morgan fingerprint density at radius 1 is 0.645 bits per heavy atom. The third kappa shape index (κ3) is 7.48. The number of esters is 2. The number of allylic oxidation sites excluding steroid dienone is 2. The van der Waals surface area contributed by atoms with Gasteiger partial charge < -0.3 is 14.2 Å². The van der Waals surface area contributed by atoms with E-state index in [2.05, 4.69) is 13.2 Å². The van der Waals surface area contributed by atoms with E-state index in [4.69, 9.17) is 14.2 Å². The van der Waals surface area contributed by atoms with E-state index >= 15 is 0 Å². The van der Waals surface area contributed by atoms with E-state index in [-0.39, 0.29) is 0 Å². The maximum absolute atomic E-state index is 11.6. The van der Waals surface area contributed by atoms with E-state index in [1.54, 1.807) is 39.8 Å². The normalized spacial score (nSPS) is 11.5. The van der Waals surface area contributed by atoms with Crippen LogP contribution in [0.1, 0.15) is 38.8 Å². The molecule has 0 aliphatic carbocycles. The zero-order chi connectivity index (χ0) is 23.0. The Hall–Kier alpha value is -3.86. The van der Waals surface area contributed by atoms with E-state index in [0.29, 0.717) is 34.2 Å². The summed E-state index contributed by atoms with van der Waals surface area (Å²) in [6.45, 7) is 13.7. The Morgan fingerprint density at radius 2 is 1.06 bits per heavy atom. The smallest absolute Gasteiger partial charge is 0.338 e. The zero-order valence-corrected chi connectivity index (χ0v) is 18.2. The predicted octanol–water partition coefficient (Wildman–Crippen LogP) is 6.09. The van der Waals surface area contributed by atoms with Gasteiger partial charge >= 0.3 is 11.9 Å². The first-order valence-corrected chi connectivity index (χ1v) is 9.64. The monoisotopic (exact) mass is 418 g/mol. The molecule has 0 saturated heterocycles. The van der Waals surface area contributed by atoms with Crippen molar-refractivity contribution in [2.45, 2.75) is 27.7 Å². The average molecular weight is 418 g/mol. The Labute approximate surface area is 183 Å². The maximum atomic E-state index is 11.6. The number of hydrogen-bond acceptors (Lipinski definition) is 5. The van der Waals surface area contributed by atoms with Gasteiger partial charge in [-0.05, 0) is 63.1 Å². The molecule has 0 spiro atoms. The van der Waals surface area contributed by atoms with Crippen LogP contribution in [0.25, 0.3) is 12.2 Å². The summed E-state index contributed by atoms with van der Waals surface area (Å²) in [7, 11) is 0. The van der Waals surface area contributed by atoms with Crippen LogP contribution in [0, 0.1) is 0 Å². The second-order valence-corrected chi connectivity index (χ2v) is 7.03. The predicted molar refractivity (Wildman–Crippen MR) is 122 cm³/mol. The number of carbonyl (C=O) groups is 2. The summed E-state index contributed by atoms with van der Waals surface area (Å²) in [5, 5.41) is 0. The lowest BCUT2D eigenvalue weighted by atomic mass is 10.1. The van der Waals surface area contributed by atoms with Crippen LogP contribution in [-0.4, -0.2) is 11.9 Å². The van der Waals surface area contributed by atoms with Gasteiger partial charge in [0.05, 0.1) is 0 Å². The van der Waals surface area contributed by atoms with E-state index in [1.165, 1.54) is 0 Å². The molecule has 0 radical (unpaired) electrons. The van der Waals surface area contributed by atoms with Crippen LogP contribution in [0.3, 0.4) is 0 Å². The van der Waals surface area contributed by atoms with E-state index in [1.807, 2.05) is 48.6 Å². The van der Waals surface area contributed by atoms with Gasteiger partial charge in [0.2, 0.25) is 0 Å². The first-order valence-electron chi connectivity index (χ1n) is 9.64. The van der Waals surface area contributed by atoms with Crippen molar-refractivity contribution in [3.8, 4) is 11.5 Å². The molecule has 5 nitrogen and oxygen atoms in total. The molecule has 0 N–H and O–H groups in total. The molecule has 31 heavy (non-hydrogen) atoms. The molecular weight excluding hydrogens is 392 g/mol. The summed E-state index contributed by atoms with van der Waals surface area (Å²) in [4.78, 5) is 23.1. The van der Waals surface area contributed by atoms with E-state index in [9.17, 15) is 9.59 Å². The second-order valence-electron chi connectivity index (χ2n) is 7.03. The van der Waals surface area contributed by atoms with Gasteiger partial charge in [0.15, 0.2) is 0 Å². The molecule has 2 rings (SSSR count). The second kappa shape index (κ2) is 10.8. The summed E-state index contributed by atoms with van der Waals surface area (Å²) >= 11 is 0. The molecule has 0 aromatic heterocycles. The molecule has 2 aromatic rings. The van der Waals surface area contributed by atoms with Crippen LogP contribution in [-0.2, 0) is 14.3 Å². The molecule has 0 aliphatic heterocycles. The first-order chi connectivity index (χ1) is 14.7. The third-order valence-corrected chi connectivity index (χ3v) is 4.15. The summed E-state index contributed by atoms with van der Waals surface area (Å²) in [5.74, 6) is 1.05. The van der Waals surface area contributed by atoms with Crippen molar-refractivity contribution >= 4 is 24.1 Å². The number of ether oxygens (including phenoxy) is 3. The molecule has 0 unspecified atom stereocenters. The van der Waals surface area contributed by atoms with Crippen LogP contribution < -0.4 is 9.47 Å². The highest BCUT2D eigenvalue weighted by molar-refractivity contribution is 5.89. The van der Waals surface area contributed by atoms with Gasteiger partial charge in [-0.2, -0.15) is 0 Å². The fourth-order valence-electron chi connectivity index (χ4n) is 2.23. The molecule has 0 amide bonds. The number of carbonyl (C=O) groups excluding carboxylic acids is 2. The highest BCUT2D eigenvalue weighted by atomic mass is 16.6. The van der Waals surface area contributed by atoms with Crippen LogP contribution in [0.5, 0.6) is 11.5 Å².